The van der Waals surface area contributed by atoms with E-state index in [0.29, 0.717) is 46.0 Å². The van der Waals surface area contributed by atoms with Crippen LogP contribution in [-0.2, 0) is 93.0 Å². The summed E-state index contributed by atoms with van der Waals surface area (Å²) < 4.78 is 298. The van der Waals surface area contributed by atoms with Crippen molar-refractivity contribution in [2.45, 2.75) is 29.4 Å². The number of phenolic OH excluding ortho intramolecular Hbond substituents is 1. The molecule has 0 saturated heterocycles. The Balaban J connectivity index is 0.000000722. The maximum atomic E-state index is 13.6. The molecule has 11 N–H and O–H groups in total. The molecule has 0 aliphatic heterocycles. The summed E-state index contributed by atoms with van der Waals surface area (Å²) in [6.45, 7) is -0.982. The first-order valence-corrected chi connectivity index (χ1v) is 45.7. The van der Waals surface area contributed by atoms with E-state index in [1.165, 1.54) is 30.4 Å². The number of benzene rings is 6. The number of nitrogens with one attached hydrogen (secondary N) is 7. The molecule has 704 valence electrons. The van der Waals surface area contributed by atoms with Crippen molar-refractivity contribution < 1.29 is 399 Å². The van der Waals surface area contributed by atoms with E-state index in [1.54, 1.807) is 36.5 Å². The molecule has 0 saturated carbocycles. The molecule has 0 radical (unpaired) electrons. The molecule has 3 heterocycles. The number of anilines is 9. The molecule has 4 aliphatic rings. The summed E-state index contributed by atoms with van der Waals surface area (Å²) >= 11 is 1.31. The fourth-order valence-corrected chi connectivity index (χ4v) is 17.2. The van der Waals surface area contributed by atoms with Crippen molar-refractivity contribution in [2.24, 2.45) is 54.3 Å². The van der Waals surface area contributed by atoms with Crippen LogP contribution >= 0.6 is 36.1 Å². The zero-order valence-corrected chi connectivity index (χ0v) is 95.9. The molecule has 4 unspecified atom stereocenters. The first kappa shape index (κ1) is 132. The van der Waals surface area contributed by atoms with Crippen LogP contribution in [0.5, 0.6) is 5.75 Å². The molecular weight excluding hydrogens is 2170 g/mol. The van der Waals surface area contributed by atoms with Gasteiger partial charge in [-0.3, -0.25) is 45.7 Å². The number of phenols is 1. The van der Waals surface area contributed by atoms with Gasteiger partial charge >= 0.3 is 255 Å². The van der Waals surface area contributed by atoms with Crippen LogP contribution < -0.4 is 285 Å². The Bertz CT molecular complexity index is 7150. The fraction of sp³-hybridized carbons (Fsp3) is 0.0882. The third-order valence-corrected chi connectivity index (χ3v) is 24.7. The monoisotopic (exact) mass is 2210 g/mol. The molecule has 6 aromatic carbocycles. The van der Waals surface area contributed by atoms with Gasteiger partial charge in [0, 0.05) is 62.8 Å². The molecule has 73 heteroatoms. The molecule has 0 fully saturated rings. The number of aliphatic hydroxyl groups is 1. The number of nitrogen functional groups attached to an aromatic ring is 1. The Morgan fingerprint density at radius 2 is 0.908 bits per heavy atom. The standard InChI is InChI=1S/C28H22F2N8O16S5.C20H16F2N6O7S2.C20H16F2N6O6S2.FH.8Na/c29-21-12-22(34-28(30)33-21)32-15-3-6-19(57(43,44)45)17(11-15)36-37-25-18(55-54-53-40)9-13-10-20(58(46,47)48)26(24(31)23(13)27(25)39)38-35-14-1-4-16(5-2-14)56(41,42)8-7-52-59(49,50)51;21-16-8-17(26-20(22)25-16)24-10-2-4-15(37(31,32)33)13(6-10)27-28-19-12(23)3-1-9-5-11(36-35-34-30)7-14(29)18(9)19;21-17-9-18(26-20(22)25-17)24-11-2-6-16(36(30,31)32)15(8-11)27-28-19-13-4-3-12(35-34-33-29)7-10(13)1-5-14(19)23;;;;;;;;;/h1-6,9-12,39-40H,7-8,31H2,(H,32,33,34)(H,43,44,45)(H,46,47,48)(H,49,50,51);1-9,18,23,27,29-30H,(H,24,25,26)(H,31,32,33);1-10,13,23,27,29H,(H,24,25,26)(H,30,31,32);1H;;;;;;;;/q;;;;8*+1/p-8. The number of aliphatic hydroxyl groups excluding tert-OH is 1. The van der Waals surface area contributed by atoms with E-state index < -0.39 is 191 Å². The number of aromatic nitrogens is 6. The fourth-order valence-electron chi connectivity index (χ4n) is 11.9. The SMILES string of the molecule is F.N=C1C=CC2C=C(SOO[O-])C=C(O)C2C1=NNc1cc(Nc2cc(F)nc(F)n2)ccc1S(=O)(=O)[O-].N=C1C=CC2C=C(SOO[O-])C=CC2C1=NNc1cc(Nc2cc(F)nc(F)n2)ccc1S(=O)(=O)[O-].Nc1c(N=Nc2ccc(S(=O)(=O)CCOS(=O)(=O)[O-])cc2)c(S(=O)(=O)[O-])cc2cc(SOO[O-])c(N=Nc3cc(Nc4cc(F)nc(F)n4)ccc3S(=O)(=O)[O-])c(O)c12.[Na+].[Na+].[Na+].[Na+].[Na+].[Na+].[Na+].[Na+]. The molecule has 9 aromatic rings. The molecule has 0 spiro atoms. The third kappa shape index (κ3) is 37.4. The van der Waals surface area contributed by atoms with Crippen LogP contribution in [0.3, 0.4) is 0 Å². The molecule has 4 aliphatic carbocycles. The number of sulfone groups is 1. The number of fused-ring (bicyclic) bond motifs is 3. The number of halogens is 7. The van der Waals surface area contributed by atoms with Gasteiger partial charge < -0.3 is 70.4 Å². The summed E-state index contributed by atoms with van der Waals surface area (Å²) in [6.07, 6.45) is 10.1. The largest absolute Gasteiger partial charge is 1.00 e. The van der Waals surface area contributed by atoms with Crippen molar-refractivity contribution in [3.05, 3.63) is 216 Å². The number of hydrazone groups is 2. The van der Waals surface area contributed by atoms with Gasteiger partial charge in [-0.2, -0.15) is 84.6 Å². The summed E-state index contributed by atoms with van der Waals surface area (Å²) in [5.41, 5.74) is 7.52. The number of nitrogens with two attached hydrogens (primary N) is 1. The summed E-state index contributed by atoms with van der Waals surface area (Å²) in [5.74, 6) is -8.78. The number of hydrogen-bond acceptors (Lipinski definition) is 52. The van der Waals surface area contributed by atoms with Crippen LogP contribution in [0.25, 0.3) is 10.8 Å². The number of rotatable bonds is 32. The van der Waals surface area contributed by atoms with E-state index in [0.717, 1.165) is 84.9 Å². The predicted octanol–water partition coefficient (Wildman–Crippen LogP) is -16.2. The van der Waals surface area contributed by atoms with E-state index in [1.807, 2.05) is 0 Å². The van der Waals surface area contributed by atoms with Crippen molar-refractivity contribution in [1.82, 2.24) is 29.9 Å². The van der Waals surface area contributed by atoms with Crippen molar-refractivity contribution in [1.29, 1.82) is 10.8 Å². The van der Waals surface area contributed by atoms with Crippen LogP contribution in [0.2, 0.25) is 0 Å². The van der Waals surface area contributed by atoms with Crippen LogP contribution in [-0.4, -0.2) is 149 Å². The van der Waals surface area contributed by atoms with Gasteiger partial charge in [0.25, 0.3) is 0 Å². The topological polar surface area (TPSA) is 780 Å². The Labute approximate surface area is 980 Å². The smallest absolute Gasteiger partial charge is 0.744 e. The average molecular weight is 2210 g/mol. The van der Waals surface area contributed by atoms with Crippen molar-refractivity contribution >= 4 is 205 Å². The van der Waals surface area contributed by atoms with Crippen molar-refractivity contribution in [3.63, 3.8) is 0 Å². The van der Waals surface area contributed by atoms with Gasteiger partial charge in [0.2, 0.25) is 28.2 Å². The Morgan fingerprint density at radius 3 is 1.38 bits per heavy atom. The molecule has 3 aromatic heterocycles. The third-order valence-electron chi connectivity index (χ3n) is 17.2. The molecule has 49 nitrogen and oxygen atoms in total. The molecule has 13 rings (SSSR count). The second kappa shape index (κ2) is 58.4. The molecule has 141 heavy (non-hydrogen) atoms. The van der Waals surface area contributed by atoms with Crippen molar-refractivity contribution in [2.75, 3.05) is 44.9 Å². The van der Waals surface area contributed by atoms with Crippen LogP contribution in [0.4, 0.5) is 105 Å². The quantitative estimate of drug-likeness (QED) is 0.00160. The molecular formula is C68H47F7N20Na8O29S9. The zero-order chi connectivity index (χ0) is 96.1. The minimum atomic E-state index is -5.46. The molecule has 4 atom stereocenters. The number of azo groups is 2. The van der Waals surface area contributed by atoms with E-state index in [-0.39, 0.29) is 344 Å². The number of aromatic hydroxyl groups is 1. The van der Waals surface area contributed by atoms with Gasteiger partial charge in [0.1, 0.15) is 80.7 Å². The first-order valence-electron chi connectivity index (χ1n) is 34.8. The molecule has 0 amide bonds. The van der Waals surface area contributed by atoms with E-state index in [2.05, 4.69) is 120 Å². The Morgan fingerprint density at radius 1 is 0.475 bits per heavy atom. The zero-order valence-electron chi connectivity index (χ0n) is 72.5. The van der Waals surface area contributed by atoms with E-state index in [9.17, 15) is 126 Å². The summed E-state index contributed by atoms with van der Waals surface area (Å²) in [6, 6.07) is 17.2. The van der Waals surface area contributed by atoms with Gasteiger partial charge in [-0.15, -0.1) is 15.3 Å². The number of allylic oxidation sites excluding steroid dienone is 10. The maximum absolute atomic E-state index is 13.6. The van der Waals surface area contributed by atoms with Gasteiger partial charge in [0.05, 0.1) is 135 Å². The van der Waals surface area contributed by atoms with Crippen molar-refractivity contribution in [3.8, 4) is 5.75 Å². The second-order valence-electron chi connectivity index (χ2n) is 25.7. The minimum absolute atomic E-state index is 0. The second-order valence-corrected chi connectivity index (χ2v) is 36.6. The van der Waals surface area contributed by atoms with Gasteiger partial charge in [-0.25, -0.2) is 50.5 Å². The van der Waals surface area contributed by atoms with E-state index >= 15 is 0 Å². The predicted molar refractivity (Wildman–Crippen MR) is 435 cm³/mol. The number of hydrogen-bond donors (Lipinski definition) is 10. The van der Waals surface area contributed by atoms with Crippen LogP contribution in [0.15, 0.2) is 239 Å². The first-order chi connectivity index (χ1) is 62.1. The Hall–Kier alpha value is -4.80. The van der Waals surface area contributed by atoms with Crippen LogP contribution in [0.1, 0.15) is 0 Å². The maximum Gasteiger partial charge on any atom is 1.00 e. The number of nitrogens with zero attached hydrogens (tertiary/aromatic N) is 12. The normalized spacial score (nSPS) is 15.9. The summed E-state index contributed by atoms with van der Waals surface area (Å²) in [5, 5.41) is 109. The minimum Gasteiger partial charge on any atom is -0.744 e. The van der Waals surface area contributed by atoms with Gasteiger partial charge in [0.15, 0.2) is 15.6 Å². The Kier molecular flexibility index (Phi) is 54.8. The van der Waals surface area contributed by atoms with Gasteiger partial charge in [-0.1, -0.05) is 30.4 Å². The summed E-state index contributed by atoms with van der Waals surface area (Å²) in [7, 11) is -30.1. The summed E-state index contributed by atoms with van der Waals surface area (Å²) in [4.78, 5) is 15.3. The van der Waals surface area contributed by atoms with Gasteiger partial charge in [-0.05, 0) is 121 Å². The van der Waals surface area contributed by atoms with E-state index in [4.69, 9.17) is 16.6 Å². The van der Waals surface area contributed by atoms with Crippen LogP contribution in [0, 0.1) is 70.6 Å². The average Bonchev–Trinajstić information content (AvgIpc) is 0.742. The molecule has 0 bridgehead atoms.